The Bertz CT molecular complexity index is 768. The summed E-state index contributed by atoms with van der Waals surface area (Å²) in [5, 5.41) is 4.82. The molecule has 0 aliphatic carbocycles. The zero-order valence-corrected chi connectivity index (χ0v) is 12.1. The third-order valence-electron chi connectivity index (χ3n) is 3.17. The van der Waals surface area contributed by atoms with E-state index in [9.17, 15) is 9.59 Å². The number of fused-ring (bicyclic) bond motifs is 1. The molecule has 2 aromatic rings. The molecule has 1 aromatic carbocycles. The maximum Gasteiger partial charge on any atom is 0.350 e. The zero-order valence-electron chi connectivity index (χ0n) is 12.1. The lowest BCUT2D eigenvalue weighted by molar-refractivity contribution is -0.222. The minimum atomic E-state index is -1.24. The molecule has 1 aliphatic heterocycles. The number of cyclic esters (lactones) is 2. The molecule has 1 saturated heterocycles. The van der Waals surface area contributed by atoms with Crippen LogP contribution in [-0.4, -0.2) is 22.7 Å². The molecule has 0 amide bonds. The van der Waals surface area contributed by atoms with Crippen LogP contribution in [0.4, 0.5) is 5.69 Å². The Kier molecular flexibility index (Phi) is 3.29. The van der Waals surface area contributed by atoms with E-state index >= 15 is 0 Å². The van der Waals surface area contributed by atoms with Crippen molar-refractivity contribution in [3.63, 3.8) is 0 Å². The second-order valence-electron chi connectivity index (χ2n) is 5.28. The Hall–Kier alpha value is -2.89. The van der Waals surface area contributed by atoms with E-state index < -0.39 is 17.7 Å². The predicted molar refractivity (Wildman–Crippen MR) is 79.7 cm³/mol. The fourth-order valence-corrected chi connectivity index (χ4v) is 2.18. The number of aromatic nitrogens is 1. The number of hydrogen-bond acceptors (Lipinski definition) is 6. The first kappa shape index (κ1) is 14.1. The Balaban J connectivity index is 1.90. The third kappa shape index (κ3) is 2.63. The molecule has 3 rings (SSSR count). The summed E-state index contributed by atoms with van der Waals surface area (Å²) in [4.78, 5) is 27.8. The number of anilines is 1. The highest BCUT2D eigenvalue weighted by Crippen LogP contribution is 2.25. The fourth-order valence-electron chi connectivity index (χ4n) is 2.18. The van der Waals surface area contributed by atoms with Crippen LogP contribution >= 0.6 is 0 Å². The maximum atomic E-state index is 11.9. The van der Waals surface area contributed by atoms with Crippen molar-refractivity contribution in [2.24, 2.45) is 0 Å². The number of nitrogens with one attached hydrogen (secondary N) is 1. The lowest BCUT2D eigenvalue weighted by atomic mass is 10.1. The van der Waals surface area contributed by atoms with Gasteiger partial charge < -0.3 is 14.8 Å². The van der Waals surface area contributed by atoms with Crippen molar-refractivity contribution in [3.05, 3.63) is 48.4 Å². The zero-order chi connectivity index (χ0) is 15.7. The van der Waals surface area contributed by atoms with Crippen molar-refractivity contribution in [3.8, 4) is 0 Å². The van der Waals surface area contributed by atoms with Gasteiger partial charge in [-0.25, -0.2) is 9.59 Å². The molecule has 22 heavy (non-hydrogen) atoms. The second-order valence-corrected chi connectivity index (χ2v) is 5.28. The minimum absolute atomic E-state index is 0.176. The topological polar surface area (TPSA) is 77.5 Å². The van der Waals surface area contributed by atoms with Gasteiger partial charge in [-0.05, 0) is 12.1 Å². The number of pyridine rings is 1. The first-order chi connectivity index (χ1) is 10.5. The Morgan fingerprint density at radius 1 is 1.14 bits per heavy atom. The van der Waals surface area contributed by atoms with Gasteiger partial charge in [0.05, 0.1) is 0 Å². The Labute approximate surface area is 126 Å². The van der Waals surface area contributed by atoms with E-state index in [0.29, 0.717) is 0 Å². The summed E-state index contributed by atoms with van der Waals surface area (Å²) >= 11 is 0. The van der Waals surface area contributed by atoms with E-state index in [2.05, 4.69) is 10.3 Å². The summed E-state index contributed by atoms with van der Waals surface area (Å²) in [6.45, 7) is 3.01. The summed E-state index contributed by atoms with van der Waals surface area (Å²) in [5.74, 6) is -2.66. The van der Waals surface area contributed by atoms with Gasteiger partial charge >= 0.3 is 11.9 Å². The molecule has 6 heteroatoms. The number of nitrogens with zero attached hydrogens (tertiary/aromatic N) is 1. The van der Waals surface area contributed by atoms with Crippen molar-refractivity contribution in [1.82, 2.24) is 4.98 Å². The molecule has 0 saturated carbocycles. The highest BCUT2D eigenvalue weighted by molar-refractivity contribution is 6.15. The number of ether oxygens (including phenoxy) is 2. The molecular weight excluding hydrogens is 284 g/mol. The van der Waals surface area contributed by atoms with Crippen molar-refractivity contribution < 1.29 is 19.1 Å². The molecule has 0 atom stereocenters. The molecule has 2 heterocycles. The van der Waals surface area contributed by atoms with E-state index in [4.69, 9.17) is 9.47 Å². The Morgan fingerprint density at radius 2 is 1.86 bits per heavy atom. The van der Waals surface area contributed by atoms with Crippen molar-refractivity contribution in [1.29, 1.82) is 0 Å². The monoisotopic (exact) mass is 298 g/mol. The first-order valence-corrected chi connectivity index (χ1v) is 6.72. The molecule has 112 valence electrons. The molecule has 1 aromatic heterocycles. The number of rotatable bonds is 2. The van der Waals surface area contributed by atoms with Crippen LogP contribution in [0.15, 0.2) is 48.4 Å². The fraction of sp³-hybridized carbons (Fsp3) is 0.188. The number of carbonyl (C=O) groups excluding carboxylic acids is 2. The first-order valence-electron chi connectivity index (χ1n) is 6.72. The molecule has 0 bridgehead atoms. The van der Waals surface area contributed by atoms with Gasteiger partial charge in [0, 0.05) is 48.9 Å². The average Bonchev–Trinajstić information content (AvgIpc) is 2.45. The molecular formula is C16H14N2O4. The van der Waals surface area contributed by atoms with Crippen LogP contribution in [0, 0.1) is 0 Å². The molecule has 0 radical (unpaired) electrons. The highest BCUT2D eigenvalue weighted by atomic mass is 16.7. The van der Waals surface area contributed by atoms with Gasteiger partial charge in [0.2, 0.25) is 0 Å². The lowest BCUT2D eigenvalue weighted by Gasteiger charge is -2.29. The van der Waals surface area contributed by atoms with Crippen molar-refractivity contribution >= 4 is 28.4 Å². The van der Waals surface area contributed by atoms with E-state index in [0.717, 1.165) is 16.5 Å². The van der Waals surface area contributed by atoms with Crippen LogP contribution in [0.5, 0.6) is 0 Å². The molecule has 6 nitrogen and oxygen atoms in total. The van der Waals surface area contributed by atoms with E-state index in [1.54, 1.807) is 12.4 Å². The second kappa shape index (κ2) is 5.14. The summed E-state index contributed by atoms with van der Waals surface area (Å²) in [5.41, 5.74) is 0.572. The van der Waals surface area contributed by atoms with Crippen LogP contribution in [-0.2, 0) is 19.1 Å². The average molecular weight is 298 g/mol. The molecule has 0 unspecified atom stereocenters. The van der Waals surface area contributed by atoms with E-state index in [1.807, 2.05) is 24.3 Å². The summed E-state index contributed by atoms with van der Waals surface area (Å²) in [7, 11) is 0. The van der Waals surface area contributed by atoms with Gasteiger partial charge in [-0.2, -0.15) is 0 Å². The van der Waals surface area contributed by atoms with E-state index in [1.165, 1.54) is 20.0 Å². The van der Waals surface area contributed by atoms with Crippen LogP contribution in [0.25, 0.3) is 10.8 Å². The van der Waals surface area contributed by atoms with Gasteiger partial charge in [0.15, 0.2) is 5.57 Å². The largest absolute Gasteiger partial charge is 0.419 e. The number of esters is 2. The SMILES string of the molecule is CC1(C)OC(=O)C(=CNc2cccc3cnccc23)C(=O)O1. The van der Waals surface area contributed by atoms with Gasteiger partial charge in [0.25, 0.3) is 5.79 Å². The van der Waals surface area contributed by atoms with Gasteiger partial charge in [-0.15, -0.1) is 0 Å². The number of hydrogen-bond donors (Lipinski definition) is 1. The van der Waals surface area contributed by atoms with Crippen LogP contribution in [0.1, 0.15) is 13.8 Å². The van der Waals surface area contributed by atoms with Crippen molar-refractivity contribution in [2.75, 3.05) is 5.32 Å². The molecule has 0 spiro atoms. The summed E-state index contributed by atoms with van der Waals surface area (Å²) in [6, 6.07) is 7.46. The van der Waals surface area contributed by atoms with Crippen LogP contribution < -0.4 is 5.32 Å². The van der Waals surface area contributed by atoms with Gasteiger partial charge in [0.1, 0.15) is 0 Å². The quantitative estimate of drug-likeness (QED) is 0.521. The van der Waals surface area contributed by atoms with Crippen LogP contribution in [0.2, 0.25) is 0 Å². The molecule has 1 N–H and O–H groups in total. The highest BCUT2D eigenvalue weighted by Gasteiger charge is 2.38. The standard InChI is InChI=1S/C16H14N2O4/c1-16(2)21-14(19)12(15(20)22-16)9-18-13-5-3-4-10-8-17-7-6-11(10)13/h3-9,18H,1-2H3. The number of carbonyl (C=O) groups is 2. The third-order valence-corrected chi connectivity index (χ3v) is 3.17. The lowest BCUT2D eigenvalue weighted by Crippen LogP contribution is -2.42. The molecule has 1 aliphatic rings. The predicted octanol–water partition coefficient (Wildman–Crippen LogP) is 2.37. The minimum Gasteiger partial charge on any atom is -0.419 e. The van der Waals surface area contributed by atoms with Gasteiger partial charge in [-0.3, -0.25) is 4.98 Å². The maximum absolute atomic E-state index is 11.9. The van der Waals surface area contributed by atoms with Crippen molar-refractivity contribution in [2.45, 2.75) is 19.6 Å². The summed E-state index contributed by atoms with van der Waals surface area (Å²) in [6.07, 6.45) is 4.71. The smallest absolute Gasteiger partial charge is 0.350 e. The van der Waals surface area contributed by atoms with Gasteiger partial charge in [-0.1, -0.05) is 12.1 Å². The summed E-state index contributed by atoms with van der Waals surface area (Å²) < 4.78 is 10.1. The number of benzene rings is 1. The normalized spacial score (nSPS) is 16.9. The van der Waals surface area contributed by atoms with E-state index in [-0.39, 0.29) is 5.57 Å². The Morgan fingerprint density at radius 3 is 2.59 bits per heavy atom. The molecule has 1 fully saturated rings. The van der Waals surface area contributed by atoms with Crippen LogP contribution in [0.3, 0.4) is 0 Å².